The monoisotopic (exact) mass is 126 g/mol. The maximum atomic E-state index is 10.3. The molecule has 0 heterocycles. The minimum absolute atomic E-state index is 0.326. The number of allylic oxidation sites excluding steroid dienone is 2. The van der Waals surface area contributed by atoms with Crippen LogP contribution in [-0.4, -0.2) is 12.1 Å². The minimum atomic E-state index is -0.326. The Morgan fingerprint density at radius 1 is 1.56 bits per heavy atom. The van der Waals surface area contributed by atoms with E-state index in [0.29, 0.717) is 19.1 Å². The zero-order valence-corrected chi connectivity index (χ0v) is 5.46. The predicted octanol–water partition coefficient (Wildman–Crippen LogP) is 1.11. The van der Waals surface area contributed by atoms with Crippen molar-refractivity contribution in [3.05, 3.63) is 12.2 Å². The van der Waals surface area contributed by atoms with Crippen molar-refractivity contribution < 1.29 is 9.59 Å². The van der Waals surface area contributed by atoms with Crippen LogP contribution in [0.25, 0.3) is 0 Å². The molecule has 2 nitrogen and oxygen atoms in total. The largest absolute Gasteiger partial charge is 0.295 e. The van der Waals surface area contributed by atoms with Gasteiger partial charge in [0.2, 0.25) is 0 Å². The Balaban J connectivity index is 3.27. The fraction of sp³-hybridized carbons (Fsp3) is 0.429. The standard InChI is InChI=1S/C7H10O2/c1-2-3-4-5-7(9)6-8/h2-3,6H,4-5H2,1H3/b3-2+. The summed E-state index contributed by atoms with van der Waals surface area (Å²) >= 11 is 0. The SMILES string of the molecule is C/C=C/CCC(=O)C=O. The maximum absolute atomic E-state index is 10.3. The average Bonchev–Trinajstić information content (AvgIpc) is 1.89. The lowest BCUT2D eigenvalue weighted by atomic mass is 10.2. The first-order chi connectivity index (χ1) is 4.31. The lowest BCUT2D eigenvalue weighted by molar-refractivity contribution is -0.129. The summed E-state index contributed by atoms with van der Waals surface area (Å²) in [6.45, 7) is 1.88. The van der Waals surface area contributed by atoms with Crippen LogP contribution < -0.4 is 0 Å². The van der Waals surface area contributed by atoms with Crippen molar-refractivity contribution in [2.45, 2.75) is 19.8 Å². The highest BCUT2D eigenvalue weighted by Gasteiger charge is 1.93. The van der Waals surface area contributed by atoms with E-state index in [9.17, 15) is 9.59 Å². The smallest absolute Gasteiger partial charge is 0.195 e. The summed E-state index contributed by atoms with van der Waals surface area (Å²) in [5, 5.41) is 0. The number of carbonyl (C=O) groups is 2. The van der Waals surface area contributed by atoms with Crippen LogP contribution in [0.3, 0.4) is 0 Å². The molecule has 0 radical (unpaired) electrons. The second-order valence-corrected chi connectivity index (χ2v) is 1.69. The zero-order valence-electron chi connectivity index (χ0n) is 5.46. The lowest BCUT2D eigenvalue weighted by Gasteiger charge is -1.83. The van der Waals surface area contributed by atoms with Gasteiger partial charge in [-0.25, -0.2) is 0 Å². The van der Waals surface area contributed by atoms with Crippen molar-refractivity contribution in [1.82, 2.24) is 0 Å². The molecule has 0 saturated carbocycles. The lowest BCUT2D eigenvalue weighted by Crippen LogP contribution is -1.96. The number of aldehydes is 1. The molecule has 0 unspecified atom stereocenters. The number of Topliss-reactive ketones (excluding diaryl/α,β-unsaturated/α-hetero) is 1. The van der Waals surface area contributed by atoms with Gasteiger partial charge in [0.25, 0.3) is 0 Å². The van der Waals surface area contributed by atoms with Gasteiger partial charge in [-0.3, -0.25) is 9.59 Å². The number of ketones is 1. The third-order valence-corrected chi connectivity index (χ3v) is 0.925. The fourth-order valence-corrected chi connectivity index (χ4v) is 0.451. The number of rotatable bonds is 4. The third kappa shape index (κ3) is 4.94. The zero-order chi connectivity index (χ0) is 7.11. The molecule has 0 N–H and O–H groups in total. The van der Waals surface area contributed by atoms with Crippen molar-refractivity contribution in [1.29, 1.82) is 0 Å². The van der Waals surface area contributed by atoms with Gasteiger partial charge in [-0.2, -0.15) is 0 Å². The molecule has 0 aliphatic heterocycles. The Hall–Kier alpha value is -0.920. The van der Waals surface area contributed by atoms with Crippen molar-refractivity contribution in [3.63, 3.8) is 0 Å². The second-order valence-electron chi connectivity index (χ2n) is 1.69. The summed E-state index contributed by atoms with van der Waals surface area (Å²) in [4.78, 5) is 20.0. The van der Waals surface area contributed by atoms with Crippen LogP contribution in [0.15, 0.2) is 12.2 Å². The average molecular weight is 126 g/mol. The van der Waals surface area contributed by atoms with Gasteiger partial charge in [-0.15, -0.1) is 0 Å². The summed E-state index contributed by atoms with van der Waals surface area (Å²) in [5.41, 5.74) is 0. The van der Waals surface area contributed by atoms with Crippen molar-refractivity contribution >= 4 is 12.1 Å². The summed E-state index contributed by atoms with van der Waals surface area (Å²) < 4.78 is 0. The van der Waals surface area contributed by atoms with E-state index in [1.165, 1.54) is 0 Å². The first-order valence-electron chi connectivity index (χ1n) is 2.90. The number of hydrogen-bond donors (Lipinski definition) is 0. The Morgan fingerprint density at radius 2 is 2.22 bits per heavy atom. The first-order valence-corrected chi connectivity index (χ1v) is 2.90. The van der Waals surface area contributed by atoms with Gasteiger partial charge in [0.15, 0.2) is 12.1 Å². The molecule has 0 spiro atoms. The van der Waals surface area contributed by atoms with Crippen LogP contribution >= 0.6 is 0 Å². The third-order valence-electron chi connectivity index (χ3n) is 0.925. The number of hydrogen-bond acceptors (Lipinski definition) is 2. The van der Waals surface area contributed by atoms with Crippen molar-refractivity contribution in [3.8, 4) is 0 Å². The highest BCUT2D eigenvalue weighted by Crippen LogP contribution is 1.89. The molecule has 2 heteroatoms. The molecular weight excluding hydrogens is 116 g/mol. The molecule has 9 heavy (non-hydrogen) atoms. The molecule has 0 aromatic heterocycles. The van der Waals surface area contributed by atoms with Crippen LogP contribution in [0.1, 0.15) is 19.8 Å². The van der Waals surface area contributed by atoms with Gasteiger partial charge >= 0.3 is 0 Å². The van der Waals surface area contributed by atoms with Gasteiger partial charge < -0.3 is 0 Å². The Labute approximate surface area is 54.6 Å². The highest BCUT2D eigenvalue weighted by atomic mass is 16.2. The van der Waals surface area contributed by atoms with E-state index in [2.05, 4.69) is 0 Å². The summed E-state index contributed by atoms with van der Waals surface area (Å²) in [7, 11) is 0. The van der Waals surface area contributed by atoms with E-state index in [0.717, 1.165) is 0 Å². The normalized spacial score (nSPS) is 9.89. The van der Waals surface area contributed by atoms with Gasteiger partial charge in [-0.05, 0) is 13.3 Å². The van der Waals surface area contributed by atoms with Crippen LogP contribution in [-0.2, 0) is 9.59 Å². The Bertz CT molecular complexity index is 125. The van der Waals surface area contributed by atoms with Gasteiger partial charge in [0, 0.05) is 6.42 Å². The van der Waals surface area contributed by atoms with E-state index in [1.807, 2.05) is 19.1 Å². The molecule has 0 saturated heterocycles. The topological polar surface area (TPSA) is 34.1 Å². The van der Waals surface area contributed by atoms with Crippen LogP contribution in [0.4, 0.5) is 0 Å². The van der Waals surface area contributed by atoms with E-state index in [-0.39, 0.29) is 5.78 Å². The van der Waals surface area contributed by atoms with Crippen molar-refractivity contribution in [2.75, 3.05) is 0 Å². The molecule has 0 atom stereocenters. The molecule has 0 aromatic carbocycles. The molecule has 50 valence electrons. The predicted molar refractivity (Wildman–Crippen MR) is 35.1 cm³/mol. The Morgan fingerprint density at radius 3 is 2.67 bits per heavy atom. The minimum Gasteiger partial charge on any atom is -0.295 e. The van der Waals surface area contributed by atoms with Gasteiger partial charge in [-0.1, -0.05) is 12.2 Å². The molecule has 0 aromatic rings. The number of carbonyl (C=O) groups excluding carboxylic acids is 2. The maximum Gasteiger partial charge on any atom is 0.195 e. The molecular formula is C7H10O2. The molecule has 0 aliphatic rings. The molecule has 0 amide bonds. The fourth-order valence-electron chi connectivity index (χ4n) is 0.451. The van der Waals surface area contributed by atoms with E-state index >= 15 is 0 Å². The van der Waals surface area contributed by atoms with E-state index in [4.69, 9.17) is 0 Å². The van der Waals surface area contributed by atoms with Crippen LogP contribution in [0.5, 0.6) is 0 Å². The quantitative estimate of drug-likeness (QED) is 0.321. The molecule has 0 fully saturated rings. The summed E-state index contributed by atoms with van der Waals surface area (Å²) in [6.07, 6.45) is 5.10. The Kier molecular flexibility index (Phi) is 4.69. The summed E-state index contributed by atoms with van der Waals surface area (Å²) in [5.74, 6) is -0.326. The second kappa shape index (κ2) is 5.22. The molecule has 0 rings (SSSR count). The first kappa shape index (κ1) is 8.08. The van der Waals surface area contributed by atoms with Crippen LogP contribution in [0, 0.1) is 0 Å². The van der Waals surface area contributed by atoms with E-state index in [1.54, 1.807) is 0 Å². The summed E-state index contributed by atoms with van der Waals surface area (Å²) in [6, 6.07) is 0. The van der Waals surface area contributed by atoms with Crippen molar-refractivity contribution in [2.24, 2.45) is 0 Å². The highest BCUT2D eigenvalue weighted by molar-refractivity contribution is 6.24. The molecule has 0 bridgehead atoms. The van der Waals surface area contributed by atoms with Gasteiger partial charge in [0.05, 0.1) is 0 Å². The van der Waals surface area contributed by atoms with Gasteiger partial charge in [0.1, 0.15) is 0 Å². The molecule has 0 aliphatic carbocycles. The van der Waals surface area contributed by atoms with E-state index < -0.39 is 0 Å². The van der Waals surface area contributed by atoms with Crippen LogP contribution in [0.2, 0.25) is 0 Å².